The normalized spacial score (nSPS) is 17.9. The highest BCUT2D eigenvalue weighted by atomic mass is 19.4. The van der Waals surface area contributed by atoms with E-state index in [1.807, 2.05) is 0 Å². The quantitative estimate of drug-likeness (QED) is 0.633. The largest absolute Gasteiger partial charge is 0.490 e. The zero-order chi connectivity index (χ0) is 12.5. The topological polar surface area (TPSA) is 47.3 Å². The molecular formula is C11H13F3N2O. The molecule has 1 unspecified atom stereocenters. The van der Waals surface area contributed by atoms with Gasteiger partial charge in [0, 0.05) is 0 Å². The number of nitrogens with one attached hydrogen (secondary N) is 1. The van der Waals surface area contributed by atoms with Crippen LogP contribution in [0.4, 0.5) is 13.2 Å². The smallest absolute Gasteiger partial charge is 0.409 e. The number of nitrogens with two attached hydrogens (primary N) is 1. The minimum Gasteiger partial charge on any atom is -0.490 e. The Morgan fingerprint density at radius 2 is 1.82 bits per heavy atom. The first-order valence-electron chi connectivity index (χ1n) is 5.30. The lowest BCUT2D eigenvalue weighted by molar-refractivity contribution is -0.157. The Bertz CT molecular complexity index is 373. The molecule has 3 nitrogen and oxygen atoms in total. The maximum Gasteiger partial charge on any atom is 0.409 e. The van der Waals surface area contributed by atoms with Gasteiger partial charge < -0.3 is 4.74 Å². The van der Waals surface area contributed by atoms with Crippen LogP contribution in [0.5, 0.6) is 5.75 Å². The van der Waals surface area contributed by atoms with Gasteiger partial charge in [0.1, 0.15) is 11.8 Å². The van der Waals surface area contributed by atoms with Gasteiger partial charge in [0.15, 0.2) is 0 Å². The molecule has 17 heavy (non-hydrogen) atoms. The number of hydrogen-bond acceptors (Lipinski definition) is 3. The van der Waals surface area contributed by atoms with Crippen LogP contribution < -0.4 is 16.0 Å². The molecule has 0 amide bonds. The molecule has 94 valence electrons. The van der Waals surface area contributed by atoms with E-state index in [-0.39, 0.29) is 11.7 Å². The summed E-state index contributed by atoms with van der Waals surface area (Å²) in [4.78, 5) is 0. The van der Waals surface area contributed by atoms with Crippen molar-refractivity contribution in [3.63, 3.8) is 0 Å². The minimum absolute atomic E-state index is 0.0724. The predicted octanol–water partition coefficient (Wildman–Crippen LogP) is 2.29. The van der Waals surface area contributed by atoms with Crippen molar-refractivity contribution in [1.82, 2.24) is 5.43 Å². The van der Waals surface area contributed by atoms with E-state index in [0.29, 0.717) is 5.75 Å². The summed E-state index contributed by atoms with van der Waals surface area (Å²) < 4.78 is 43.1. The van der Waals surface area contributed by atoms with Gasteiger partial charge in [0.2, 0.25) is 0 Å². The van der Waals surface area contributed by atoms with Crippen LogP contribution in [0.15, 0.2) is 24.3 Å². The molecule has 1 aromatic rings. The van der Waals surface area contributed by atoms with E-state index in [4.69, 9.17) is 10.6 Å². The summed E-state index contributed by atoms with van der Waals surface area (Å²) in [7, 11) is 0. The second kappa shape index (κ2) is 4.54. The van der Waals surface area contributed by atoms with Crippen LogP contribution in [0.25, 0.3) is 0 Å². The number of ether oxygens (including phenoxy) is 1. The molecule has 2 rings (SSSR count). The van der Waals surface area contributed by atoms with Crippen molar-refractivity contribution in [3.8, 4) is 5.75 Å². The number of alkyl halides is 3. The molecule has 0 heterocycles. The van der Waals surface area contributed by atoms with Crippen molar-refractivity contribution in [2.75, 3.05) is 0 Å². The Kier molecular flexibility index (Phi) is 3.26. The summed E-state index contributed by atoms with van der Waals surface area (Å²) in [6.07, 6.45) is -2.16. The molecule has 0 aliphatic heterocycles. The van der Waals surface area contributed by atoms with Gasteiger partial charge in [0.05, 0.1) is 6.10 Å². The van der Waals surface area contributed by atoms with Gasteiger partial charge in [-0.2, -0.15) is 13.2 Å². The lowest BCUT2D eigenvalue weighted by atomic mass is 10.1. The Morgan fingerprint density at radius 1 is 1.24 bits per heavy atom. The van der Waals surface area contributed by atoms with Crippen molar-refractivity contribution in [2.24, 2.45) is 5.84 Å². The van der Waals surface area contributed by atoms with E-state index in [2.05, 4.69) is 0 Å². The first-order valence-corrected chi connectivity index (χ1v) is 5.30. The molecular weight excluding hydrogens is 233 g/mol. The van der Waals surface area contributed by atoms with Crippen molar-refractivity contribution < 1.29 is 17.9 Å². The summed E-state index contributed by atoms with van der Waals surface area (Å²) in [5, 5.41) is 0. The van der Waals surface area contributed by atoms with Crippen molar-refractivity contribution in [3.05, 3.63) is 29.8 Å². The van der Waals surface area contributed by atoms with Crippen molar-refractivity contribution in [1.29, 1.82) is 0 Å². The lowest BCUT2D eigenvalue weighted by Gasteiger charge is -2.19. The van der Waals surface area contributed by atoms with Gasteiger partial charge in [-0.15, -0.1) is 0 Å². The fourth-order valence-corrected chi connectivity index (χ4v) is 1.50. The number of benzene rings is 1. The first kappa shape index (κ1) is 12.2. The zero-order valence-corrected chi connectivity index (χ0v) is 9.00. The Hall–Kier alpha value is -1.27. The van der Waals surface area contributed by atoms with Crippen LogP contribution in [0.1, 0.15) is 24.4 Å². The van der Waals surface area contributed by atoms with E-state index >= 15 is 0 Å². The summed E-state index contributed by atoms with van der Waals surface area (Å²) in [5.74, 6) is 5.51. The van der Waals surface area contributed by atoms with Gasteiger partial charge in [-0.25, -0.2) is 5.43 Å². The monoisotopic (exact) mass is 246 g/mol. The minimum atomic E-state index is -4.41. The van der Waals surface area contributed by atoms with Crippen molar-refractivity contribution >= 4 is 0 Å². The summed E-state index contributed by atoms with van der Waals surface area (Å²) in [6, 6.07) is 3.95. The van der Waals surface area contributed by atoms with E-state index in [9.17, 15) is 13.2 Å². The number of hydrazine groups is 1. The number of hydrogen-bond donors (Lipinski definition) is 2. The van der Waals surface area contributed by atoms with Gasteiger partial charge in [-0.3, -0.25) is 5.84 Å². The average molecular weight is 246 g/mol. The third kappa shape index (κ3) is 3.10. The molecule has 0 aromatic heterocycles. The Labute approximate surface area is 96.7 Å². The molecule has 1 aromatic carbocycles. The van der Waals surface area contributed by atoms with E-state index in [1.54, 1.807) is 5.43 Å². The van der Waals surface area contributed by atoms with Crippen molar-refractivity contribution in [2.45, 2.75) is 31.2 Å². The first-order chi connectivity index (χ1) is 8.00. The van der Waals surface area contributed by atoms with E-state index in [1.165, 1.54) is 24.3 Å². The van der Waals surface area contributed by atoms with Gasteiger partial charge in [-0.1, -0.05) is 12.1 Å². The highest BCUT2D eigenvalue weighted by Gasteiger charge is 2.40. The molecule has 0 radical (unpaired) electrons. The number of halogens is 3. The molecule has 3 N–H and O–H groups in total. The van der Waals surface area contributed by atoms with Crippen LogP contribution in [-0.2, 0) is 0 Å². The summed E-state index contributed by atoms with van der Waals surface area (Å²) in [6.45, 7) is 0. The van der Waals surface area contributed by atoms with Gasteiger partial charge in [0.25, 0.3) is 0 Å². The molecule has 0 spiro atoms. The summed E-state index contributed by atoms with van der Waals surface area (Å²) >= 11 is 0. The second-order valence-corrected chi connectivity index (χ2v) is 4.03. The standard InChI is InChI=1S/C11H13F3N2O/c12-11(13,14)10(16-15)7-1-3-8(4-2-7)17-9-5-6-9/h1-4,9-10,16H,5-6,15H2. The third-order valence-electron chi connectivity index (χ3n) is 2.53. The lowest BCUT2D eigenvalue weighted by Crippen LogP contribution is -2.38. The molecule has 0 saturated heterocycles. The molecule has 1 aliphatic carbocycles. The van der Waals surface area contributed by atoms with Gasteiger partial charge in [-0.05, 0) is 30.5 Å². The maximum atomic E-state index is 12.6. The van der Waals surface area contributed by atoms with E-state index in [0.717, 1.165) is 12.8 Å². The highest BCUT2D eigenvalue weighted by molar-refractivity contribution is 5.30. The zero-order valence-electron chi connectivity index (χ0n) is 9.00. The Balaban J connectivity index is 2.09. The number of rotatable bonds is 4. The molecule has 1 saturated carbocycles. The van der Waals surface area contributed by atoms with Crippen LogP contribution in [0.2, 0.25) is 0 Å². The molecule has 1 fully saturated rings. The fourth-order valence-electron chi connectivity index (χ4n) is 1.50. The van der Waals surface area contributed by atoms with Crippen LogP contribution >= 0.6 is 0 Å². The SMILES string of the molecule is NNC(c1ccc(OC2CC2)cc1)C(F)(F)F. The van der Waals surface area contributed by atoms with Crippen LogP contribution in [0.3, 0.4) is 0 Å². The fraction of sp³-hybridized carbons (Fsp3) is 0.455. The van der Waals surface area contributed by atoms with Crippen LogP contribution in [0, 0.1) is 0 Å². The summed E-state index contributed by atoms with van der Waals surface area (Å²) in [5.41, 5.74) is 1.84. The molecule has 6 heteroatoms. The molecule has 0 bridgehead atoms. The van der Waals surface area contributed by atoms with Crippen LogP contribution in [-0.4, -0.2) is 12.3 Å². The highest BCUT2D eigenvalue weighted by Crippen LogP contribution is 2.33. The molecule has 1 atom stereocenters. The van der Waals surface area contributed by atoms with Gasteiger partial charge >= 0.3 is 6.18 Å². The second-order valence-electron chi connectivity index (χ2n) is 4.03. The average Bonchev–Trinajstić information content (AvgIpc) is 3.03. The van der Waals surface area contributed by atoms with E-state index < -0.39 is 12.2 Å². The molecule has 1 aliphatic rings. The Morgan fingerprint density at radius 3 is 2.24 bits per heavy atom. The third-order valence-corrected chi connectivity index (χ3v) is 2.53. The maximum absolute atomic E-state index is 12.6. The predicted molar refractivity (Wildman–Crippen MR) is 56.2 cm³/mol.